The molecule has 0 fully saturated rings. The summed E-state index contributed by atoms with van der Waals surface area (Å²) in [7, 11) is 0. The molecule has 3 aromatic rings. The number of aryl methyl sites for hydroxylation is 1. The number of hydrogen-bond acceptors (Lipinski definition) is 8. The Kier molecular flexibility index (Phi) is 5.31. The van der Waals surface area contributed by atoms with Crippen LogP contribution >= 0.6 is 35.3 Å². The second-order valence-corrected chi connectivity index (χ2v) is 8.88. The van der Waals surface area contributed by atoms with Crippen molar-refractivity contribution >= 4 is 53.1 Å². The third-order valence-corrected chi connectivity index (χ3v) is 6.48. The van der Waals surface area contributed by atoms with Crippen molar-refractivity contribution in [2.75, 3.05) is 5.75 Å². The molecule has 29 heavy (non-hydrogen) atoms. The maximum absolute atomic E-state index is 12.2. The molecule has 1 aliphatic heterocycles. The van der Waals surface area contributed by atoms with Crippen molar-refractivity contribution in [1.82, 2.24) is 14.8 Å². The Morgan fingerprint density at radius 2 is 1.72 bits per heavy atom. The van der Waals surface area contributed by atoms with Gasteiger partial charge < -0.3 is 4.84 Å². The number of hydroxylamine groups is 2. The van der Waals surface area contributed by atoms with Gasteiger partial charge in [0.15, 0.2) is 8.29 Å². The van der Waals surface area contributed by atoms with Gasteiger partial charge in [-0.25, -0.2) is 9.48 Å². The normalized spacial score (nSPS) is 12.9. The van der Waals surface area contributed by atoms with E-state index in [4.69, 9.17) is 17.1 Å². The van der Waals surface area contributed by atoms with Gasteiger partial charge in [0.05, 0.1) is 16.8 Å². The van der Waals surface area contributed by atoms with Crippen LogP contribution < -0.4 is 0 Å². The van der Waals surface area contributed by atoms with Gasteiger partial charge in [-0.05, 0) is 42.9 Å². The number of carbonyl (C=O) groups excluding carboxylic acids is 3. The van der Waals surface area contributed by atoms with E-state index in [1.54, 1.807) is 16.8 Å². The quantitative estimate of drug-likeness (QED) is 0.337. The van der Waals surface area contributed by atoms with Crippen molar-refractivity contribution in [3.8, 4) is 5.69 Å². The standard InChI is InChI=1S/C19H13N3O4S3/c1-11-6-2-5-9-14(11)21-19(27)29-18(20-21)28-10-15(23)26-22-16(24)12-7-3-4-8-13(12)17(22)25/h2-9H,10H2,1H3. The number of aromatic nitrogens is 2. The number of nitrogens with zero attached hydrogens (tertiary/aromatic N) is 3. The van der Waals surface area contributed by atoms with Crippen molar-refractivity contribution < 1.29 is 19.2 Å². The number of thioether (sulfide) groups is 1. The summed E-state index contributed by atoms with van der Waals surface area (Å²) in [4.78, 5) is 41.7. The highest BCUT2D eigenvalue weighted by Crippen LogP contribution is 2.26. The van der Waals surface area contributed by atoms with E-state index in [-0.39, 0.29) is 16.9 Å². The van der Waals surface area contributed by atoms with Crippen LogP contribution in [0.25, 0.3) is 5.69 Å². The molecule has 0 spiro atoms. The van der Waals surface area contributed by atoms with Gasteiger partial charge in [0.1, 0.15) is 5.75 Å². The topological polar surface area (TPSA) is 81.5 Å². The highest BCUT2D eigenvalue weighted by atomic mass is 32.2. The second kappa shape index (κ2) is 7.90. The third-order valence-electron chi connectivity index (χ3n) is 4.14. The fourth-order valence-electron chi connectivity index (χ4n) is 2.77. The molecule has 1 aromatic heterocycles. The van der Waals surface area contributed by atoms with Crippen LogP contribution in [0.5, 0.6) is 0 Å². The molecule has 2 aromatic carbocycles. The Hall–Kier alpha value is -2.82. The van der Waals surface area contributed by atoms with Gasteiger partial charge in [-0.3, -0.25) is 9.59 Å². The molecule has 4 rings (SSSR count). The monoisotopic (exact) mass is 443 g/mol. The minimum Gasteiger partial charge on any atom is -0.329 e. The Labute approximate surface area is 178 Å². The van der Waals surface area contributed by atoms with Crippen LogP contribution in [0.15, 0.2) is 52.9 Å². The Morgan fingerprint density at radius 1 is 1.10 bits per heavy atom. The molecule has 7 nitrogen and oxygen atoms in total. The van der Waals surface area contributed by atoms with E-state index in [0.29, 0.717) is 13.4 Å². The number of fused-ring (bicyclic) bond motifs is 1. The van der Waals surface area contributed by atoms with Crippen LogP contribution in [-0.4, -0.2) is 38.4 Å². The fraction of sp³-hybridized carbons (Fsp3) is 0.105. The first-order chi connectivity index (χ1) is 14.0. The van der Waals surface area contributed by atoms with Gasteiger partial charge in [0.25, 0.3) is 11.8 Å². The summed E-state index contributed by atoms with van der Waals surface area (Å²) in [6.07, 6.45) is 0. The van der Waals surface area contributed by atoms with Gasteiger partial charge in [0, 0.05) is 0 Å². The summed E-state index contributed by atoms with van der Waals surface area (Å²) in [6.45, 7) is 1.96. The van der Waals surface area contributed by atoms with E-state index in [1.165, 1.54) is 23.5 Å². The third kappa shape index (κ3) is 3.74. The molecule has 0 saturated carbocycles. The molecular formula is C19H13N3O4S3. The second-order valence-electron chi connectivity index (χ2n) is 6.03. The SMILES string of the molecule is Cc1ccccc1-n1nc(SCC(=O)ON2C(=O)c3ccccc3C2=O)sc1=S. The Morgan fingerprint density at radius 3 is 2.38 bits per heavy atom. The molecule has 10 heteroatoms. The Balaban J connectivity index is 1.42. The molecule has 0 bridgehead atoms. The number of carbonyl (C=O) groups is 3. The molecule has 146 valence electrons. The van der Waals surface area contributed by atoms with Crippen LogP contribution in [0.4, 0.5) is 0 Å². The average Bonchev–Trinajstić information content (AvgIpc) is 3.20. The molecule has 0 aliphatic carbocycles. The zero-order valence-corrected chi connectivity index (χ0v) is 17.5. The van der Waals surface area contributed by atoms with Crippen LogP contribution in [0.2, 0.25) is 0 Å². The highest BCUT2D eigenvalue weighted by molar-refractivity contribution is 8.01. The fourth-order valence-corrected chi connectivity index (χ4v) is 4.89. The summed E-state index contributed by atoms with van der Waals surface area (Å²) in [5.41, 5.74) is 2.32. The lowest BCUT2D eigenvalue weighted by Gasteiger charge is -2.12. The first kappa shape index (κ1) is 19.5. The summed E-state index contributed by atoms with van der Waals surface area (Å²) < 4.78 is 2.78. The molecule has 1 aliphatic rings. The van der Waals surface area contributed by atoms with E-state index in [2.05, 4.69) is 5.10 Å². The summed E-state index contributed by atoms with van der Waals surface area (Å²) >= 11 is 7.77. The van der Waals surface area contributed by atoms with Gasteiger partial charge >= 0.3 is 5.97 Å². The van der Waals surface area contributed by atoms with Crippen LogP contribution in [0, 0.1) is 10.9 Å². The lowest BCUT2D eigenvalue weighted by Crippen LogP contribution is -2.33. The molecule has 0 radical (unpaired) electrons. The zero-order valence-electron chi connectivity index (χ0n) is 15.0. The van der Waals surface area contributed by atoms with E-state index in [9.17, 15) is 14.4 Å². The van der Waals surface area contributed by atoms with E-state index < -0.39 is 17.8 Å². The maximum atomic E-state index is 12.2. The highest BCUT2D eigenvalue weighted by Gasteiger charge is 2.38. The number of para-hydroxylation sites is 1. The minimum absolute atomic E-state index is 0.122. The molecule has 2 amide bonds. The van der Waals surface area contributed by atoms with E-state index in [1.807, 2.05) is 31.2 Å². The van der Waals surface area contributed by atoms with Crippen molar-refractivity contribution in [3.63, 3.8) is 0 Å². The number of benzene rings is 2. The summed E-state index contributed by atoms with van der Waals surface area (Å²) in [5, 5.41) is 4.95. The van der Waals surface area contributed by atoms with Crippen LogP contribution in [0.1, 0.15) is 26.3 Å². The van der Waals surface area contributed by atoms with Crippen LogP contribution in [-0.2, 0) is 9.63 Å². The minimum atomic E-state index is -0.729. The van der Waals surface area contributed by atoms with E-state index >= 15 is 0 Å². The first-order valence-corrected chi connectivity index (χ1v) is 10.6. The molecular weight excluding hydrogens is 430 g/mol. The number of hydrogen-bond donors (Lipinski definition) is 0. The van der Waals surface area contributed by atoms with Gasteiger partial charge in [-0.1, -0.05) is 58.5 Å². The van der Waals surface area contributed by atoms with Crippen molar-refractivity contribution in [1.29, 1.82) is 0 Å². The summed E-state index contributed by atoms with van der Waals surface area (Å²) in [6, 6.07) is 14.0. The number of rotatable bonds is 5. The van der Waals surface area contributed by atoms with Crippen molar-refractivity contribution in [2.24, 2.45) is 0 Å². The molecule has 2 heterocycles. The van der Waals surface area contributed by atoms with Gasteiger partial charge in [-0.15, -0.1) is 5.10 Å². The zero-order chi connectivity index (χ0) is 20.5. The predicted molar refractivity (Wildman–Crippen MR) is 111 cm³/mol. The largest absolute Gasteiger partial charge is 0.343 e. The molecule has 0 atom stereocenters. The average molecular weight is 444 g/mol. The Bertz CT molecular complexity index is 1170. The van der Waals surface area contributed by atoms with Gasteiger partial charge in [-0.2, -0.15) is 0 Å². The summed E-state index contributed by atoms with van der Waals surface area (Å²) in [5.74, 6) is -2.15. The molecule has 0 saturated heterocycles. The maximum Gasteiger partial charge on any atom is 0.343 e. The van der Waals surface area contributed by atoms with Gasteiger partial charge in [0.2, 0.25) is 0 Å². The van der Waals surface area contributed by atoms with E-state index in [0.717, 1.165) is 23.0 Å². The predicted octanol–water partition coefficient (Wildman–Crippen LogP) is 3.82. The number of imide groups is 1. The van der Waals surface area contributed by atoms with Crippen molar-refractivity contribution in [2.45, 2.75) is 11.3 Å². The molecule has 0 N–H and O–H groups in total. The smallest absolute Gasteiger partial charge is 0.329 e. The van der Waals surface area contributed by atoms with Crippen molar-refractivity contribution in [3.05, 3.63) is 69.2 Å². The number of amides is 2. The molecule has 0 unspecified atom stereocenters. The lowest BCUT2D eigenvalue weighted by molar-refractivity contribution is -0.165. The van der Waals surface area contributed by atoms with Crippen LogP contribution in [0.3, 0.4) is 0 Å². The lowest BCUT2D eigenvalue weighted by atomic mass is 10.1. The first-order valence-electron chi connectivity index (χ1n) is 8.43.